The lowest BCUT2D eigenvalue weighted by atomic mass is 9.81. The van der Waals surface area contributed by atoms with Gasteiger partial charge < -0.3 is 9.47 Å². The van der Waals surface area contributed by atoms with Crippen LogP contribution < -0.4 is 4.74 Å². The molecule has 0 N–H and O–H groups in total. The first-order valence-corrected chi connectivity index (χ1v) is 12.0. The van der Waals surface area contributed by atoms with Gasteiger partial charge >= 0.3 is 0 Å². The van der Waals surface area contributed by atoms with Gasteiger partial charge in [-0.25, -0.2) is 12.9 Å². The van der Waals surface area contributed by atoms with E-state index in [9.17, 15) is 8.60 Å². The topological polar surface area (TPSA) is 65.8 Å². The fourth-order valence-electron chi connectivity index (χ4n) is 3.96. The van der Waals surface area contributed by atoms with Crippen LogP contribution in [-0.4, -0.2) is 66.0 Å². The lowest BCUT2D eigenvalue weighted by molar-refractivity contribution is -0.0389. The number of benzene rings is 2. The van der Waals surface area contributed by atoms with Crippen LogP contribution in [0.1, 0.15) is 5.56 Å². The molecule has 170 valence electrons. The molecule has 2 aliphatic heterocycles. The van der Waals surface area contributed by atoms with Crippen LogP contribution in [0.25, 0.3) is 0 Å². The zero-order valence-corrected chi connectivity index (χ0v) is 19.6. The second-order valence-corrected chi connectivity index (χ2v) is 10.4. The van der Waals surface area contributed by atoms with Crippen molar-refractivity contribution in [1.82, 2.24) is 9.21 Å². The van der Waals surface area contributed by atoms with E-state index in [2.05, 4.69) is 4.90 Å². The molecule has 10 heteroatoms. The van der Waals surface area contributed by atoms with Crippen molar-refractivity contribution in [2.45, 2.75) is 4.90 Å². The molecule has 0 saturated carbocycles. The summed E-state index contributed by atoms with van der Waals surface area (Å²) in [5.74, 6) is -0.246. The Bertz CT molecular complexity index is 1050. The van der Waals surface area contributed by atoms with Gasteiger partial charge in [0, 0.05) is 49.2 Å². The second kappa shape index (κ2) is 10.0. The van der Waals surface area contributed by atoms with Gasteiger partial charge in [0.25, 0.3) is 0 Å². The molecule has 0 radical (unpaired) electrons. The van der Waals surface area contributed by atoms with E-state index in [1.807, 2.05) is 4.31 Å². The molecule has 2 aliphatic rings. The first kappa shape index (κ1) is 23.4. The molecule has 0 aromatic heterocycles. The molecule has 2 heterocycles. The van der Waals surface area contributed by atoms with Gasteiger partial charge in [0.05, 0.1) is 35.3 Å². The summed E-state index contributed by atoms with van der Waals surface area (Å²) in [5, 5.41) is 9.77. The number of ether oxygens (including phenoxy) is 2. The first-order chi connectivity index (χ1) is 15.4. The number of rotatable bonds is 7. The predicted octanol–water partition coefficient (Wildman–Crippen LogP) is 3.74. The molecule has 2 saturated heterocycles. The Morgan fingerprint density at radius 2 is 1.94 bits per heavy atom. The van der Waals surface area contributed by atoms with Gasteiger partial charge in [0.2, 0.25) is 0 Å². The lowest BCUT2D eigenvalue weighted by Crippen LogP contribution is -2.64. The van der Waals surface area contributed by atoms with E-state index < -0.39 is 16.8 Å². The molecule has 2 aromatic rings. The Kier molecular flexibility index (Phi) is 7.35. The van der Waals surface area contributed by atoms with Gasteiger partial charge in [-0.05, 0) is 30.3 Å². The number of nitrogens with zero attached hydrogens (tertiary/aromatic N) is 3. The third kappa shape index (κ3) is 5.25. The monoisotopic (exact) mass is 497 g/mol. The highest BCUT2D eigenvalue weighted by atomic mass is 35.5. The SMILES string of the molecule is N#Cc1ccc(OCC2(CN3CCOCC3)CN(S(=O)c3ccc(Cl)cc3Cl)C2)cc1F. The number of morpholine rings is 1. The second-order valence-electron chi connectivity index (χ2n) is 8.05. The fourth-order valence-corrected chi connectivity index (χ4v) is 6.04. The van der Waals surface area contributed by atoms with Crippen LogP contribution in [0.2, 0.25) is 10.0 Å². The molecule has 0 amide bonds. The maximum atomic E-state index is 14.0. The van der Waals surface area contributed by atoms with Crippen molar-refractivity contribution in [3.63, 3.8) is 0 Å². The first-order valence-electron chi connectivity index (χ1n) is 10.1. The minimum absolute atomic E-state index is 0.0227. The average molecular weight is 498 g/mol. The Morgan fingerprint density at radius 1 is 1.19 bits per heavy atom. The zero-order chi connectivity index (χ0) is 22.7. The summed E-state index contributed by atoms with van der Waals surface area (Å²) >= 11 is 12.2. The number of hydrogen-bond donors (Lipinski definition) is 0. The van der Waals surface area contributed by atoms with E-state index in [0.717, 1.165) is 19.6 Å². The Hall–Kier alpha value is -1.73. The van der Waals surface area contributed by atoms with Crippen molar-refractivity contribution in [3.8, 4) is 11.8 Å². The summed E-state index contributed by atoms with van der Waals surface area (Å²) < 4.78 is 40.3. The molecule has 0 aliphatic carbocycles. The van der Waals surface area contributed by atoms with Crippen molar-refractivity contribution >= 4 is 34.2 Å². The maximum Gasteiger partial charge on any atom is 0.144 e. The Labute approximate surface area is 199 Å². The normalized spacial score (nSPS) is 19.7. The molecular weight excluding hydrogens is 476 g/mol. The van der Waals surface area contributed by atoms with Gasteiger partial charge in [-0.3, -0.25) is 4.90 Å². The van der Waals surface area contributed by atoms with Gasteiger partial charge in [0.1, 0.15) is 28.6 Å². The Balaban J connectivity index is 1.46. The standard InChI is InChI=1S/C22H22Cl2FN3O3S/c23-17-2-4-21(19(24)9-17)32(29)28-13-22(14-28,12-27-5-7-30-8-6-27)15-31-18-3-1-16(11-26)20(25)10-18/h1-4,9-10H,5-8,12-15H2. The third-order valence-electron chi connectivity index (χ3n) is 5.61. The van der Waals surface area contributed by atoms with E-state index in [1.165, 1.54) is 12.1 Å². The van der Waals surface area contributed by atoms with Gasteiger partial charge in [-0.15, -0.1) is 0 Å². The third-order valence-corrected chi connectivity index (χ3v) is 7.73. The molecule has 2 fully saturated rings. The summed E-state index contributed by atoms with van der Waals surface area (Å²) in [6, 6.07) is 11.0. The Morgan fingerprint density at radius 3 is 2.59 bits per heavy atom. The number of hydrogen-bond acceptors (Lipinski definition) is 5. The van der Waals surface area contributed by atoms with Crippen LogP contribution in [0, 0.1) is 22.6 Å². The summed E-state index contributed by atoms with van der Waals surface area (Å²) in [5.41, 5.74) is -0.304. The van der Waals surface area contributed by atoms with Crippen molar-refractivity contribution in [1.29, 1.82) is 5.26 Å². The molecule has 2 aromatic carbocycles. The van der Waals surface area contributed by atoms with Gasteiger partial charge in [0.15, 0.2) is 0 Å². The van der Waals surface area contributed by atoms with Crippen molar-refractivity contribution in [3.05, 3.63) is 57.8 Å². The van der Waals surface area contributed by atoms with Crippen molar-refractivity contribution in [2.24, 2.45) is 5.41 Å². The highest BCUT2D eigenvalue weighted by Gasteiger charge is 2.47. The van der Waals surface area contributed by atoms with Crippen LogP contribution >= 0.6 is 23.2 Å². The molecule has 1 unspecified atom stereocenters. The molecule has 0 bridgehead atoms. The summed E-state index contributed by atoms with van der Waals surface area (Å²) in [6.45, 7) is 5.14. The smallest absolute Gasteiger partial charge is 0.144 e. The van der Waals surface area contributed by atoms with E-state index in [4.69, 9.17) is 37.9 Å². The van der Waals surface area contributed by atoms with Crippen LogP contribution in [0.3, 0.4) is 0 Å². The minimum Gasteiger partial charge on any atom is -0.493 e. The van der Waals surface area contributed by atoms with Crippen LogP contribution in [0.4, 0.5) is 4.39 Å². The molecule has 0 spiro atoms. The van der Waals surface area contributed by atoms with E-state index in [0.29, 0.717) is 53.6 Å². The van der Waals surface area contributed by atoms with Crippen LogP contribution in [0.15, 0.2) is 41.3 Å². The van der Waals surface area contributed by atoms with E-state index in [1.54, 1.807) is 30.3 Å². The van der Waals surface area contributed by atoms with Crippen molar-refractivity contribution in [2.75, 3.05) is 52.5 Å². The number of nitriles is 1. The number of halogens is 3. The predicted molar refractivity (Wildman–Crippen MR) is 121 cm³/mol. The molecule has 32 heavy (non-hydrogen) atoms. The molecule has 1 atom stereocenters. The van der Waals surface area contributed by atoms with Crippen LogP contribution in [-0.2, 0) is 15.7 Å². The minimum atomic E-state index is -1.42. The summed E-state index contributed by atoms with van der Waals surface area (Å²) in [7, 11) is -1.42. The van der Waals surface area contributed by atoms with Gasteiger partial charge in [-0.2, -0.15) is 5.26 Å². The largest absolute Gasteiger partial charge is 0.493 e. The lowest BCUT2D eigenvalue weighted by Gasteiger charge is -2.51. The molecule has 4 rings (SSSR count). The van der Waals surface area contributed by atoms with Gasteiger partial charge in [-0.1, -0.05) is 23.2 Å². The fraction of sp³-hybridized carbons (Fsp3) is 0.409. The van der Waals surface area contributed by atoms with Crippen molar-refractivity contribution < 1.29 is 18.1 Å². The molecular formula is C22H22Cl2FN3O3S. The highest BCUT2D eigenvalue weighted by molar-refractivity contribution is 7.82. The van der Waals surface area contributed by atoms with Crippen LogP contribution in [0.5, 0.6) is 5.75 Å². The highest BCUT2D eigenvalue weighted by Crippen LogP contribution is 2.37. The summed E-state index contributed by atoms with van der Waals surface area (Å²) in [6.07, 6.45) is 0. The molecule has 6 nitrogen and oxygen atoms in total. The summed E-state index contributed by atoms with van der Waals surface area (Å²) in [4.78, 5) is 2.83. The van der Waals surface area contributed by atoms with E-state index >= 15 is 0 Å². The van der Waals surface area contributed by atoms with E-state index in [-0.39, 0.29) is 11.0 Å². The quantitative estimate of drug-likeness (QED) is 0.582. The average Bonchev–Trinajstić information content (AvgIpc) is 2.75. The maximum absolute atomic E-state index is 14.0. The zero-order valence-electron chi connectivity index (χ0n) is 17.2.